The molecule has 0 radical (unpaired) electrons. The van der Waals surface area contributed by atoms with Gasteiger partial charge in [0.25, 0.3) is 0 Å². The summed E-state index contributed by atoms with van der Waals surface area (Å²) in [6.07, 6.45) is 3.17. The maximum absolute atomic E-state index is 12.6. The molecule has 3 N–H and O–H groups in total. The van der Waals surface area contributed by atoms with Crippen molar-refractivity contribution in [3.63, 3.8) is 0 Å². The molecule has 1 saturated carbocycles. The standard InChI is InChI=1S/C17H23N3O2/c1-3-10(2)15-16(21)19-14-6-4-5-12(11-7-8-11)13(14)9-20(15)17(18)22/h4-6,10-11,15H,3,7-9H2,1-2H3,(H2,18,22)(H,19,21)/t10-,15-/m0/s1. The molecule has 0 aromatic heterocycles. The molecule has 2 atom stereocenters. The zero-order valence-corrected chi connectivity index (χ0v) is 13.1. The number of urea groups is 1. The van der Waals surface area contributed by atoms with Crippen molar-refractivity contribution in [2.75, 3.05) is 5.32 Å². The second kappa shape index (κ2) is 5.63. The molecule has 118 valence electrons. The summed E-state index contributed by atoms with van der Waals surface area (Å²) in [4.78, 5) is 26.1. The lowest BCUT2D eigenvalue weighted by molar-refractivity contribution is -0.121. The predicted molar refractivity (Wildman–Crippen MR) is 85.4 cm³/mol. The van der Waals surface area contributed by atoms with E-state index in [0.717, 1.165) is 17.7 Å². The fourth-order valence-corrected chi connectivity index (χ4v) is 3.30. The largest absolute Gasteiger partial charge is 0.351 e. The lowest BCUT2D eigenvalue weighted by Gasteiger charge is -2.31. The van der Waals surface area contributed by atoms with Crippen LogP contribution in [0, 0.1) is 5.92 Å². The van der Waals surface area contributed by atoms with Gasteiger partial charge in [-0.1, -0.05) is 32.4 Å². The molecule has 3 amide bonds. The van der Waals surface area contributed by atoms with Gasteiger partial charge in [-0.25, -0.2) is 4.79 Å². The zero-order valence-electron chi connectivity index (χ0n) is 13.1. The maximum Gasteiger partial charge on any atom is 0.315 e. The van der Waals surface area contributed by atoms with Crippen molar-refractivity contribution < 1.29 is 9.59 Å². The fraction of sp³-hybridized carbons (Fsp3) is 0.529. The SMILES string of the molecule is CC[C@H](C)[C@H]1C(=O)Nc2cccc(C3CC3)c2CN1C(N)=O. The van der Waals surface area contributed by atoms with Crippen LogP contribution in [0.1, 0.15) is 50.2 Å². The normalized spacial score (nSPS) is 22.5. The summed E-state index contributed by atoms with van der Waals surface area (Å²) in [6, 6.07) is 4.95. The quantitative estimate of drug-likeness (QED) is 0.900. The number of hydrogen-bond donors (Lipinski definition) is 2. The van der Waals surface area contributed by atoms with Crippen LogP contribution < -0.4 is 11.1 Å². The van der Waals surface area contributed by atoms with Crippen LogP contribution in [0.3, 0.4) is 0 Å². The van der Waals surface area contributed by atoms with Crippen molar-refractivity contribution >= 4 is 17.6 Å². The van der Waals surface area contributed by atoms with E-state index in [4.69, 9.17) is 5.73 Å². The summed E-state index contributed by atoms with van der Waals surface area (Å²) in [5, 5.41) is 3.01. The molecular formula is C17H23N3O2. The van der Waals surface area contributed by atoms with Gasteiger partial charge in [0.15, 0.2) is 0 Å². The number of primary amides is 1. The molecule has 3 rings (SSSR count). The van der Waals surface area contributed by atoms with Crippen molar-refractivity contribution in [3.05, 3.63) is 29.3 Å². The fourth-order valence-electron chi connectivity index (χ4n) is 3.30. The summed E-state index contributed by atoms with van der Waals surface area (Å²) < 4.78 is 0. The molecule has 0 spiro atoms. The Morgan fingerprint density at radius 3 is 2.77 bits per heavy atom. The van der Waals surface area contributed by atoms with E-state index < -0.39 is 12.1 Å². The third-order valence-corrected chi connectivity index (χ3v) is 4.89. The molecule has 1 fully saturated rings. The third kappa shape index (κ3) is 2.56. The maximum atomic E-state index is 12.6. The minimum absolute atomic E-state index is 0.0613. The van der Waals surface area contributed by atoms with Gasteiger partial charge in [0.2, 0.25) is 5.91 Å². The summed E-state index contributed by atoms with van der Waals surface area (Å²) in [7, 11) is 0. The number of benzene rings is 1. The molecule has 5 heteroatoms. The molecule has 0 saturated heterocycles. The van der Waals surface area contributed by atoms with Crippen molar-refractivity contribution in [3.8, 4) is 0 Å². The van der Waals surface area contributed by atoms with Gasteiger partial charge in [0.1, 0.15) is 6.04 Å². The highest BCUT2D eigenvalue weighted by Crippen LogP contribution is 2.44. The van der Waals surface area contributed by atoms with Gasteiger partial charge < -0.3 is 16.0 Å². The number of nitrogens with two attached hydrogens (primary N) is 1. The topological polar surface area (TPSA) is 75.4 Å². The number of carbonyl (C=O) groups excluding carboxylic acids is 2. The summed E-state index contributed by atoms with van der Waals surface area (Å²) in [5.74, 6) is 0.479. The van der Waals surface area contributed by atoms with Crippen LogP contribution in [0.15, 0.2) is 18.2 Å². The van der Waals surface area contributed by atoms with Gasteiger partial charge in [-0.3, -0.25) is 4.79 Å². The Morgan fingerprint density at radius 2 is 2.18 bits per heavy atom. The highest BCUT2D eigenvalue weighted by atomic mass is 16.2. The molecule has 5 nitrogen and oxygen atoms in total. The second-order valence-corrected chi connectivity index (χ2v) is 6.43. The lowest BCUT2D eigenvalue weighted by atomic mass is 9.96. The predicted octanol–water partition coefficient (Wildman–Crippen LogP) is 2.81. The number of amides is 3. The number of anilines is 1. The Hall–Kier alpha value is -2.04. The molecular weight excluding hydrogens is 278 g/mol. The van der Waals surface area contributed by atoms with Gasteiger partial charge in [0, 0.05) is 5.69 Å². The number of nitrogens with one attached hydrogen (secondary N) is 1. The monoisotopic (exact) mass is 301 g/mol. The molecule has 1 heterocycles. The van der Waals surface area contributed by atoms with E-state index in [1.54, 1.807) is 0 Å². The van der Waals surface area contributed by atoms with Crippen LogP contribution in [0.5, 0.6) is 0 Å². The van der Waals surface area contributed by atoms with Crippen LogP contribution in [-0.2, 0) is 11.3 Å². The summed E-state index contributed by atoms with van der Waals surface area (Å²) >= 11 is 0. The van der Waals surface area contributed by atoms with E-state index in [-0.39, 0.29) is 11.8 Å². The number of fused-ring (bicyclic) bond motifs is 1. The summed E-state index contributed by atoms with van der Waals surface area (Å²) in [5.41, 5.74) is 8.70. The van der Waals surface area contributed by atoms with E-state index in [0.29, 0.717) is 12.5 Å². The van der Waals surface area contributed by atoms with Crippen molar-refractivity contribution in [1.82, 2.24) is 4.90 Å². The van der Waals surface area contributed by atoms with E-state index in [2.05, 4.69) is 11.4 Å². The minimum Gasteiger partial charge on any atom is -0.351 e. The average Bonchev–Trinajstić information content (AvgIpc) is 3.31. The molecule has 22 heavy (non-hydrogen) atoms. The smallest absolute Gasteiger partial charge is 0.315 e. The van der Waals surface area contributed by atoms with Gasteiger partial charge >= 0.3 is 6.03 Å². The first kappa shape index (κ1) is 14.9. The van der Waals surface area contributed by atoms with Crippen LogP contribution in [0.25, 0.3) is 0 Å². The van der Waals surface area contributed by atoms with Crippen molar-refractivity contribution in [2.45, 2.75) is 51.6 Å². The van der Waals surface area contributed by atoms with Crippen molar-refractivity contribution in [1.29, 1.82) is 0 Å². The Balaban J connectivity index is 2.04. The molecule has 2 aliphatic rings. The van der Waals surface area contributed by atoms with Gasteiger partial charge in [-0.05, 0) is 41.9 Å². The number of nitrogens with zero attached hydrogens (tertiary/aromatic N) is 1. The van der Waals surface area contributed by atoms with E-state index >= 15 is 0 Å². The molecule has 1 aromatic carbocycles. The highest BCUT2D eigenvalue weighted by molar-refractivity contribution is 5.99. The van der Waals surface area contributed by atoms with Crippen LogP contribution in [-0.4, -0.2) is 22.9 Å². The van der Waals surface area contributed by atoms with E-state index in [9.17, 15) is 9.59 Å². The highest BCUT2D eigenvalue weighted by Gasteiger charge is 2.37. The first-order chi connectivity index (χ1) is 10.5. The number of rotatable bonds is 3. The first-order valence-corrected chi connectivity index (χ1v) is 8.01. The molecule has 0 unspecified atom stereocenters. The van der Waals surface area contributed by atoms with Gasteiger partial charge in [-0.2, -0.15) is 0 Å². The van der Waals surface area contributed by atoms with Crippen molar-refractivity contribution in [2.24, 2.45) is 11.7 Å². The van der Waals surface area contributed by atoms with Crippen LogP contribution in [0.4, 0.5) is 10.5 Å². The van der Waals surface area contributed by atoms with E-state index in [1.807, 2.05) is 26.0 Å². The molecule has 0 bridgehead atoms. The average molecular weight is 301 g/mol. The molecule has 1 aromatic rings. The lowest BCUT2D eigenvalue weighted by Crippen LogP contribution is -2.50. The minimum atomic E-state index is -0.529. The first-order valence-electron chi connectivity index (χ1n) is 8.01. The second-order valence-electron chi connectivity index (χ2n) is 6.43. The Labute approximate surface area is 130 Å². The van der Waals surface area contributed by atoms with Gasteiger partial charge in [-0.15, -0.1) is 0 Å². The van der Waals surface area contributed by atoms with Crippen LogP contribution >= 0.6 is 0 Å². The van der Waals surface area contributed by atoms with E-state index in [1.165, 1.54) is 23.3 Å². The Kier molecular flexibility index (Phi) is 3.81. The Morgan fingerprint density at radius 1 is 1.45 bits per heavy atom. The zero-order chi connectivity index (χ0) is 15.9. The molecule has 1 aliphatic carbocycles. The van der Waals surface area contributed by atoms with Crippen LogP contribution in [0.2, 0.25) is 0 Å². The molecule has 1 aliphatic heterocycles. The van der Waals surface area contributed by atoms with Gasteiger partial charge in [0.05, 0.1) is 6.54 Å². The number of carbonyl (C=O) groups is 2. The number of hydrogen-bond acceptors (Lipinski definition) is 2. The summed E-state index contributed by atoms with van der Waals surface area (Å²) in [6.45, 7) is 4.41. The Bertz CT molecular complexity index is 610. The third-order valence-electron chi connectivity index (χ3n) is 4.89.